The lowest BCUT2D eigenvalue weighted by Crippen LogP contribution is -2.52. The van der Waals surface area contributed by atoms with E-state index in [9.17, 15) is 9.90 Å². The Hall–Kier alpha value is -0.810. The van der Waals surface area contributed by atoms with Crippen molar-refractivity contribution in [2.45, 2.75) is 69.9 Å². The zero-order valence-electron chi connectivity index (χ0n) is 14.4. The first-order chi connectivity index (χ1) is 11.3. The van der Waals surface area contributed by atoms with Crippen molar-refractivity contribution in [1.82, 2.24) is 15.1 Å². The van der Waals surface area contributed by atoms with E-state index in [1.807, 2.05) is 4.90 Å². The number of nitrogens with one attached hydrogen (secondary N) is 1. The van der Waals surface area contributed by atoms with Crippen LogP contribution in [0.25, 0.3) is 0 Å². The summed E-state index contributed by atoms with van der Waals surface area (Å²) in [5, 5.41) is 12.4. The summed E-state index contributed by atoms with van der Waals surface area (Å²) >= 11 is 0. The van der Waals surface area contributed by atoms with Gasteiger partial charge in [-0.1, -0.05) is 19.3 Å². The van der Waals surface area contributed by atoms with Gasteiger partial charge in [0.25, 0.3) is 0 Å². The molecule has 2 N–H and O–H groups in total. The average molecular weight is 323 g/mol. The van der Waals surface area contributed by atoms with Crippen molar-refractivity contribution in [2.75, 3.05) is 32.8 Å². The number of nitrogens with zero attached hydrogens (tertiary/aromatic N) is 2. The van der Waals surface area contributed by atoms with Crippen LogP contribution in [-0.2, 0) is 0 Å². The standard InChI is InChI=1S/C18H33N3O2/c22-14-15-6-10-21(11-7-15)18(23)19-16-8-12-20(13-9-16)17-4-2-1-3-5-17/h15-17,22H,1-14H2,(H,19,23). The molecule has 0 aromatic carbocycles. The van der Waals surface area contributed by atoms with Gasteiger partial charge in [-0.25, -0.2) is 4.79 Å². The highest BCUT2D eigenvalue weighted by molar-refractivity contribution is 5.74. The van der Waals surface area contributed by atoms with Crippen molar-refractivity contribution in [3.63, 3.8) is 0 Å². The Kier molecular flexibility index (Phi) is 6.17. The van der Waals surface area contributed by atoms with Gasteiger partial charge in [-0.05, 0) is 44.4 Å². The van der Waals surface area contributed by atoms with Crippen molar-refractivity contribution in [3.8, 4) is 0 Å². The van der Waals surface area contributed by atoms with E-state index < -0.39 is 0 Å². The van der Waals surface area contributed by atoms with Crippen molar-refractivity contribution in [2.24, 2.45) is 5.92 Å². The van der Waals surface area contributed by atoms with Crippen LogP contribution in [0.5, 0.6) is 0 Å². The normalized spacial score (nSPS) is 26.4. The molecule has 1 saturated carbocycles. The number of likely N-dealkylation sites (tertiary alicyclic amines) is 2. The Morgan fingerprint density at radius 2 is 1.57 bits per heavy atom. The molecule has 5 heteroatoms. The minimum Gasteiger partial charge on any atom is -0.396 e. The van der Waals surface area contributed by atoms with Crippen molar-refractivity contribution < 1.29 is 9.90 Å². The molecule has 0 aromatic heterocycles. The SMILES string of the molecule is O=C(NC1CCN(C2CCCCC2)CC1)N1CCC(CO)CC1. The van der Waals surface area contributed by atoms with Gasteiger partial charge in [-0.3, -0.25) is 0 Å². The molecule has 2 saturated heterocycles. The number of amides is 2. The second-order valence-corrected chi connectivity index (χ2v) is 7.66. The second-order valence-electron chi connectivity index (χ2n) is 7.66. The molecule has 2 heterocycles. The summed E-state index contributed by atoms with van der Waals surface area (Å²) in [5.74, 6) is 0.387. The quantitative estimate of drug-likeness (QED) is 0.837. The number of aliphatic hydroxyl groups excluding tert-OH is 1. The molecule has 2 aliphatic heterocycles. The van der Waals surface area contributed by atoms with E-state index in [1.165, 1.54) is 32.1 Å². The van der Waals surface area contributed by atoms with Crippen LogP contribution in [-0.4, -0.2) is 65.8 Å². The minimum absolute atomic E-state index is 0.109. The van der Waals surface area contributed by atoms with Crippen LogP contribution in [0.3, 0.4) is 0 Å². The van der Waals surface area contributed by atoms with E-state index in [4.69, 9.17) is 0 Å². The fourth-order valence-corrected chi connectivity index (χ4v) is 4.44. The highest BCUT2D eigenvalue weighted by Crippen LogP contribution is 2.25. The summed E-state index contributed by atoms with van der Waals surface area (Å²) < 4.78 is 0. The highest BCUT2D eigenvalue weighted by Gasteiger charge is 2.28. The second kappa shape index (κ2) is 8.34. The molecule has 132 valence electrons. The van der Waals surface area contributed by atoms with Gasteiger partial charge in [-0.15, -0.1) is 0 Å². The van der Waals surface area contributed by atoms with Gasteiger partial charge in [0.1, 0.15) is 0 Å². The molecule has 3 fully saturated rings. The maximum absolute atomic E-state index is 12.4. The Bertz CT molecular complexity index is 368. The summed E-state index contributed by atoms with van der Waals surface area (Å²) in [6.45, 7) is 4.12. The lowest BCUT2D eigenvalue weighted by molar-refractivity contribution is 0.109. The van der Waals surface area contributed by atoms with Crippen LogP contribution in [0.1, 0.15) is 57.8 Å². The van der Waals surface area contributed by atoms with Crippen molar-refractivity contribution >= 4 is 6.03 Å². The van der Waals surface area contributed by atoms with Crippen LogP contribution >= 0.6 is 0 Å². The summed E-state index contributed by atoms with van der Waals surface area (Å²) in [4.78, 5) is 17.0. The van der Waals surface area contributed by atoms with Gasteiger partial charge in [0.15, 0.2) is 0 Å². The maximum atomic E-state index is 12.4. The topological polar surface area (TPSA) is 55.8 Å². The third-order valence-corrected chi connectivity index (χ3v) is 6.11. The number of hydrogen-bond acceptors (Lipinski definition) is 3. The third-order valence-electron chi connectivity index (χ3n) is 6.11. The average Bonchev–Trinajstić information content (AvgIpc) is 2.63. The molecule has 5 nitrogen and oxygen atoms in total. The summed E-state index contributed by atoms with van der Waals surface area (Å²) in [7, 11) is 0. The van der Waals surface area contributed by atoms with E-state index >= 15 is 0 Å². The molecule has 0 atom stereocenters. The van der Waals surface area contributed by atoms with Gasteiger partial charge in [0.05, 0.1) is 0 Å². The third kappa shape index (κ3) is 4.60. The predicted molar refractivity (Wildman–Crippen MR) is 91.4 cm³/mol. The Balaban J connectivity index is 1.37. The van der Waals surface area contributed by atoms with Gasteiger partial charge >= 0.3 is 6.03 Å². The molecule has 0 radical (unpaired) electrons. The van der Waals surface area contributed by atoms with E-state index in [0.29, 0.717) is 12.0 Å². The lowest BCUT2D eigenvalue weighted by Gasteiger charge is -2.40. The molecule has 1 aliphatic carbocycles. The number of hydrogen-bond donors (Lipinski definition) is 2. The number of carbonyl (C=O) groups is 1. The molecule has 0 unspecified atom stereocenters. The molecular formula is C18H33N3O2. The van der Waals surface area contributed by atoms with Crippen LogP contribution in [0.15, 0.2) is 0 Å². The zero-order chi connectivity index (χ0) is 16.1. The lowest BCUT2D eigenvalue weighted by atomic mass is 9.92. The van der Waals surface area contributed by atoms with Crippen LogP contribution in [0.4, 0.5) is 4.79 Å². The number of carbonyl (C=O) groups excluding carboxylic acids is 1. The Morgan fingerprint density at radius 3 is 2.17 bits per heavy atom. The van der Waals surface area contributed by atoms with Crippen LogP contribution in [0, 0.1) is 5.92 Å². The summed E-state index contributed by atoms with van der Waals surface area (Å²) in [5.41, 5.74) is 0. The first-order valence-corrected chi connectivity index (χ1v) is 9.66. The van der Waals surface area contributed by atoms with Crippen molar-refractivity contribution in [1.29, 1.82) is 0 Å². The van der Waals surface area contributed by atoms with Gasteiger partial charge < -0.3 is 20.2 Å². The first-order valence-electron chi connectivity index (χ1n) is 9.66. The minimum atomic E-state index is 0.109. The fraction of sp³-hybridized carbons (Fsp3) is 0.944. The van der Waals surface area contributed by atoms with Gasteiger partial charge in [-0.2, -0.15) is 0 Å². The van der Waals surface area contributed by atoms with E-state index in [-0.39, 0.29) is 12.6 Å². The molecule has 0 spiro atoms. The maximum Gasteiger partial charge on any atom is 0.317 e. The molecule has 3 aliphatic rings. The fourth-order valence-electron chi connectivity index (χ4n) is 4.44. The summed E-state index contributed by atoms with van der Waals surface area (Å²) in [6.07, 6.45) is 11.0. The number of rotatable bonds is 3. The number of piperidine rings is 2. The zero-order valence-corrected chi connectivity index (χ0v) is 14.4. The van der Waals surface area contributed by atoms with Gasteiger partial charge in [0, 0.05) is 44.9 Å². The largest absolute Gasteiger partial charge is 0.396 e. The van der Waals surface area contributed by atoms with Gasteiger partial charge in [0.2, 0.25) is 0 Å². The molecule has 0 aromatic rings. The molecule has 2 amide bonds. The number of aliphatic hydroxyl groups is 1. The first kappa shape index (κ1) is 17.0. The molecular weight excluding hydrogens is 290 g/mol. The molecule has 23 heavy (non-hydrogen) atoms. The smallest absolute Gasteiger partial charge is 0.317 e. The van der Waals surface area contributed by atoms with E-state index in [0.717, 1.165) is 57.9 Å². The highest BCUT2D eigenvalue weighted by atomic mass is 16.3. The van der Waals surface area contributed by atoms with E-state index in [2.05, 4.69) is 10.2 Å². The van der Waals surface area contributed by atoms with Crippen LogP contribution < -0.4 is 5.32 Å². The van der Waals surface area contributed by atoms with Crippen molar-refractivity contribution in [3.05, 3.63) is 0 Å². The predicted octanol–water partition coefficient (Wildman–Crippen LogP) is 2.20. The van der Waals surface area contributed by atoms with E-state index in [1.54, 1.807) is 0 Å². The Labute approximate surface area is 140 Å². The number of urea groups is 1. The monoisotopic (exact) mass is 323 g/mol. The van der Waals surface area contributed by atoms with Crippen LogP contribution in [0.2, 0.25) is 0 Å². The Morgan fingerprint density at radius 1 is 0.913 bits per heavy atom. The molecule has 3 rings (SSSR count). The molecule has 0 bridgehead atoms. The summed E-state index contributed by atoms with van der Waals surface area (Å²) in [6, 6.07) is 1.26.